The second kappa shape index (κ2) is 9.59. The largest absolute Gasteiger partial charge is 0.507 e. The van der Waals surface area contributed by atoms with Crippen molar-refractivity contribution in [1.29, 1.82) is 0 Å². The summed E-state index contributed by atoms with van der Waals surface area (Å²) in [7, 11) is 1.20. The number of non-ortho nitro benzene ring substituents is 1. The van der Waals surface area contributed by atoms with Crippen LogP contribution in [-0.2, 0) is 14.3 Å². The Morgan fingerprint density at radius 2 is 1.92 bits per heavy atom. The van der Waals surface area contributed by atoms with Gasteiger partial charge in [0.15, 0.2) is 16.6 Å². The third-order valence-electron chi connectivity index (χ3n) is 6.02. The summed E-state index contributed by atoms with van der Waals surface area (Å²) in [6, 6.07) is 8.64. The third kappa shape index (κ3) is 4.12. The number of benzene rings is 2. The molecule has 2 aliphatic rings. The van der Waals surface area contributed by atoms with Crippen molar-refractivity contribution in [2.45, 2.75) is 13.0 Å². The maximum Gasteiger partial charge on any atom is 0.350 e. The molecule has 1 atom stereocenters. The Morgan fingerprint density at radius 3 is 2.63 bits per heavy atom. The number of methoxy groups -OCH3 is 1. The molecule has 5 rings (SSSR count). The van der Waals surface area contributed by atoms with E-state index >= 15 is 0 Å². The number of Topliss-reactive ketones (excluding diaryl/α,β-unsaturated/α-hetero) is 1. The van der Waals surface area contributed by atoms with Gasteiger partial charge in [-0.2, -0.15) is 0 Å². The average molecular weight is 538 g/mol. The normalized spacial score (nSPS) is 17.9. The molecule has 12 nitrogen and oxygen atoms in total. The molecule has 1 N–H and O–H groups in total. The van der Waals surface area contributed by atoms with Gasteiger partial charge in [-0.3, -0.25) is 24.6 Å². The number of nitro benzene ring substituents is 1. The van der Waals surface area contributed by atoms with Crippen LogP contribution in [0.3, 0.4) is 0 Å². The van der Waals surface area contributed by atoms with Crippen LogP contribution < -0.4 is 14.4 Å². The number of nitro groups is 1. The number of aryl methyl sites for hydroxylation is 1. The molecule has 0 bridgehead atoms. The second-order valence-electron chi connectivity index (χ2n) is 8.28. The summed E-state index contributed by atoms with van der Waals surface area (Å²) in [4.78, 5) is 55.2. The molecule has 1 amide bonds. The number of thiazole rings is 1. The zero-order chi connectivity index (χ0) is 27.1. The second-order valence-corrected chi connectivity index (χ2v) is 9.26. The predicted molar refractivity (Wildman–Crippen MR) is 134 cm³/mol. The lowest BCUT2D eigenvalue weighted by Gasteiger charge is -2.23. The number of amides is 1. The summed E-state index contributed by atoms with van der Waals surface area (Å²) in [5.41, 5.74) is 0.0410. The number of carbonyl (C=O) groups is 3. The van der Waals surface area contributed by atoms with Gasteiger partial charge in [-0.25, -0.2) is 9.78 Å². The summed E-state index contributed by atoms with van der Waals surface area (Å²) < 4.78 is 15.8. The van der Waals surface area contributed by atoms with E-state index in [1.165, 1.54) is 43.5 Å². The van der Waals surface area contributed by atoms with Gasteiger partial charge < -0.3 is 19.3 Å². The van der Waals surface area contributed by atoms with Gasteiger partial charge in [-0.15, -0.1) is 0 Å². The third-order valence-corrected chi connectivity index (χ3v) is 7.16. The Hall–Kier alpha value is -4.78. The summed E-state index contributed by atoms with van der Waals surface area (Å²) in [5.74, 6) is -2.43. The monoisotopic (exact) mass is 537 g/mol. The highest BCUT2D eigenvalue weighted by atomic mass is 32.1. The minimum atomic E-state index is -1.28. The first-order valence-electron chi connectivity index (χ1n) is 11.2. The number of esters is 1. The molecule has 194 valence electrons. The highest BCUT2D eigenvalue weighted by Gasteiger charge is 2.48. The first-order chi connectivity index (χ1) is 18.2. The molecule has 2 aliphatic heterocycles. The number of aliphatic hydroxyl groups excluding tert-OH is 1. The Kier molecular flexibility index (Phi) is 6.28. The number of aromatic nitrogens is 1. The van der Waals surface area contributed by atoms with Gasteiger partial charge in [-0.05, 0) is 30.7 Å². The van der Waals surface area contributed by atoms with E-state index < -0.39 is 34.4 Å². The van der Waals surface area contributed by atoms with Crippen molar-refractivity contribution in [3.05, 3.63) is 79.8 Å². The molecular formula is C25H19N3O9S. The van der Waals surface area contributed by atoms with Crippen molar-refractivity contribution < 1.29 is 38.6 Å². The van der Waals surface area contributed by atoms with E-state index in [4.69, 9.17) is 14.2 Å². The van der Waals surface area contributed by atoms with Crippen LogP contribution in [0.5, 0.6) is 11.5 Å². The van der Waals surface area contributed by atoms with Crippen LogP contribution in [-0.4, -0.2) is 53.0 Å². The molecule has 3 aromatic rings. The van der Waals surface area contributed by atoms with Crippen LogP contribution >= 0.6 is 11.3 Å². The highest BCUT2D eigenvalue weighted by molar-refractivity contribution is 7.17. The van der Waals surface area contributed by atoms with Gasteiger partial charge in [0.1, 0.15) is 23.9 Å². The minimum Gasteiger partial charge on any atom is -0.507 e. The number of carbonyl (C=O) groups excluding carboxylic acids is 3. The zero-order valence-corrected chi connectivity index (χ0v) is 20.8. The smallest absolute Gasteiger partial charge is 0.350 e. The number of hydrogen-bond donors (Lipinski definition) is 1. The first kappa shape index (κ1) is 24.9. The highest BCUT2D eigenvalue weighted by Crippen LogP contribution is 2.45. The maximum absolute atomic E-state index is 13.4. The number of ether oxygens (including phenoxy) is 3. The van der Waals surface area contributed by atoms with Crippen LogP contribution in [0.2, 0.25) is 0 Å². The fourth-order valence-electron chi connectivity index (χ4n) is 4.27. The van der Waals surface area contributed by atoms with Gasteiger partial charge in [0, 0.05) is 17.7 Å². The van der Waals surface area contributed by atoms with E-state index in [1.807, 2.05) is 0 Å². The molecular weight excluding hydrogens is 518 g/mol. The zero-order valence-electron chi connectivity index (χ0n) is 20.0. The topological polar surface area (TPSA) is 158 Å². The predicted octanol–water partition coefficient (Wildman–Crippen LogP) is 3.54. The van der Waals surface area contributed by atoms with Crippen molar-refractivity contribution >= 4 is 45.6 Å². The average Bonchev–Trinajstić information content (AvgIpc) is 3.43. The molecule has 3 heterocycles. The lowest BCUT2D eigenvalue weighted by molar-refractivity contribution is -0.384. The molecule has 1 aromatic heterocycles. The Bertz CT molecular complexity index is 1540. The number of hydrogen-bond acceptors (Lipinski definition) is 11. The van der Waals surface area contributed by atoms with Crippen LogP contribution in [0.1, 0.15) is 32.5 Å². The van der Waals surface area contributed by atoms with Crippen molar-refractivity contribution in [2.24, 2.45) is 0 Å². The van der Waals surface area contributed by atoms with Crippen molar-refractivity contribution in [3.8, 4) is 11.5 Å². The van der Waals surface area contributed by atoms with E-state index in [1.54, 1.807) is 13.0 Å². The molecule has 0 spiro atoms. The molecule has 0 radical (unpaired) electrons. The van der Waals surface area contributed by atoms with E-state index in [-0.39, 0.29) is 38.1 Å². The van der Waals surface area contributed by atoms with Gasteiger partial charge in [0.2, 0.25) is 0 Å². The van der Waals surface area contributed by atoms with Gasteiger partial charge >= 0.3 is 11.9 Å². The SMILES string of the molecule is COC(=O)c1sc(N2C(=O)C(=O)C(=C(O)c3ccc4c(c3)OCCO4)[C@@H]2c2cccc([N+](=O)[O-])c2)nc1C. The van der Waals surface area contributed by atoms with Crippen molar-refractivity contribution in [3.63, 3.8) is 0 Å². The number of nitrogens with zero attached hydrogens (tertiary/aromatic N) is 3. The van der Waals surface area contributed by atoms with Crippen molar-refractivity contribution in [1.82, 2.24) is 4.98 Å². The van der Waals surface area contributed by atoms with E-state index in [2.05, 4.69) is 4.98 Å². The summed E-state index contributed by atoms with van der Waals surface area (Å²) in [6.07, 6.45) is 0. The number of rotatable bonds is 5. The van der Waals surface area contributed by atoms with Gasteiger partial charge in [0.05, 0.1) is 29.3 Å². The molecule has 0 unspecified atom stereocenters. The van der Waals surface area contributed by atoms with Gasteiger partial charge in [0.25, 0.3) is 11.5 Å². The number of fused-ring (bicyclic) bond motifs is 1. The fourth-order valence-corrected chi connectivity index (χ4v) is 5.28. The van der Waals surface area contributed by atoms with Crippen molar-refractivity contribution in [2.75, 3.05) is 25.2 Å². The van der Waals surface area contributed by atoms with Crippen LogP contribution in [0, 0.1) is 17.0 Å². The Morgan fingerprint density at radius 1 is 1.18 bits per heavy atom. The summed E-state index contributed by atoms with van der Waals surface area (Å²) >= 11 is 0.825. The van der Waals surface area contributed by atoms with E-state index in [9.17, 15) is 29.6 Å². The van der Waals surface area contributed by atoms with Crippen LogP contribution in [0.25, 0.3) is 5.76 Å². The Balaban J connectivity index is 1.71. The van der Waals surface area contributed by atoms with E-state index in [0.717, 1.165) is 16.2 Å². The lowest BCUT2D eigenvalue weighted by Crippen LogP contribution is -2.29. The summed E-state index contributed by atoms with van der Waals surface area (Å²) in [6.45, 7) is 2.19. The Labute approximate surface area is 218 Å². The quantitative estimate of drug-likeness (QED) is 0.127. The van der Waals surface area contributed by atoms with Gasteiger partial charge in [-0.1, -0.05) is 23.5 Å². The fraction of sp³-hybridized carbons (Fsp3) is 0.200. The van der Waals surface area contributed by atoms with Crippen LogP contribution in [0.15, 0.2) is 48.0 Å². The minimum absolute atomic E-state index is 0.0114. The summed E-state index contributed by atoms with van der Waals surface area (Å²) in [5, 5.41) is 22.8. The molecule has 2 aromatic carbocycles. The molecule has 0 aliphatic carbocycles. The van der Waals surface area contributed by atoms with E-state index in [0.29, 0.717) is 24.7 Å². The maximum atomic E-state index is 13.4. The standard InChI is InChI=1S/C25H19N3O9S/c1-12-22(24(32)35-2)38-25(26-12)27-19(13-4-3-5-15(10-13)28(33)34)18(21(30)23(27)31)20(29)14-6-7-16-17(11-14)37-9-8-36-16/h3-7,10-11,19,29H,8-9H2,1-2H3/t19-/m0/s1. The number of anilines is 1. The lowest BCUT2D eigenvalue weighted by atomic mass is 9.95. The first-order valence-corrected chi connectivity index (χ1v) is 12.0. The molecule has 1 fully saturated rings. The number of ketones is 1. The van der Waals surface area contributed by atoms with Crippen LogP contribution in [0.4, 0.5) is 10.8 Å². The number of aliphatic hydroxyl groups is 1. The molecule has 1 saturated heterocycles. The molecule has 38 heavy (non-hydrogen) atoms. The molecule has 13 heteroatoms. The molecule has 0 saturated carbocycles.